The number of anilines is 1. The van der Waals surface area contributed by atoms with Gasteiger partial charge in [0.2, 0.25) is 0 Å². The Balaban J connectivity index is 1.60. The molecular weight excluding hydrogens is 326 g/mol. The summed E-state index contributed by atoms with van der Waals surface area (Å²) < 4.78 is 9.81. The zero-order valence-electron chi connectivity index (χ0n) is 13.9. The maximum absolute atomic E-state index is 12.3. The summed E-state index contributed by atoms with van der Waals surface area (Å²) in [6, 6.07) is 3.38. The van der Waals surface area contributed by atoms with Gasteiger partial charge < -0.3 is 14.8 Å². The van der Waals surface area contributed by atoms with Gasteiger partial charge in [-0.1, -0.05) is 0 Å². The van der Waals surface area contributed by atoms with Crippen LogP contribution in [0.2, 0.25) is 0 Å². The van der Waals surface area contributed by atoms with Crippen LogP contribution in [0, 0.1) is 12.8 Å². The highest BCUT2D eigenvalue weighted by Crippen LogP contribution is 2.21. The summed E-state index contributed by atoms with van der Waals surface area (Å²) in [5.74, 6) is 0.949. The first kappa shape index (κ1) is 16.6. The van der Waals surface area contributed by atoms with Gasteiger partial charge in [-0.15, -0.1) is 0 Å². The number of aryl methyl sites for hydroxylation is 1. The molecule has 3 rings (SSSR count). The molecule has 1 saturated heterocycles. The van der Waals surface area contributed by atoms with Crippen molar-refractivity contribution in [2.75, 3.05) is 24.5 Å². The fourth-order valence-corrected chi connectivity index (χ4v) is 3.41. The van der Waals surface area contributed by atoms with Crippen molar-refractivity contribution < 1.29 is 4.79 Å². The molecule has 0 bridgehead atoms. The highest BCUT2D eigenvalue weighted by molar-refractivity contribution is 6.99. The number of rotatable bonds is 4. The predicted octanol–water partition coefficient (Wildman–Crippen LogP) is 1.19. The van der Waals surface area contributed by atoms with Crippen molar-refractivity contribution in [1.82, 2.24) is 18.6 Å². The SMILES string of the molecule is Cc1ccc(C(=O)NCC2CCCN(c3cnsn3)C2)c(=O)n1C. The molecule has 1 fully saturated rings. The molecule has 3 heterocycles. The third kappa shape index (κ3) is 3.48. The van der Waals surface area contributed by atoms with Crippen LogP contribution in [0.3, 0.4) is 0 Å². The minimum Gasteiger partial charge on any atom is -0.354 e. The number of piperidine rings is 1. The Morgan fingerprint density at radius 2 is 2.29 bits per heavy atom. The number of nitrogens with zero attached hydrogens (tertiary/aromatic N) is 4. The first-order chi connectivity index (χ1) is 11.6. The second kappa shape index (κ2) is 7.12. The second-order valence-corrected chi connectivity index (χ2v) is 6.74. The Labute approximate surface area is 144 Å². The number of nitrogens with one attached hydrogen (secondary N) is 1. The van der Waals surface area contributed by atoms with Gasteiger partial charge in [0.05, 0.1) is 17.9 Å². The number of hydrogen-bond acceptors (Lipinski definition) is 6. The van der Waals surface area contributed by atoms with Gasteiger partial charge in [-0.05, 0) is 37.8 Å². The van der Waals surface area contributed by atoms with E-state index in [0.29, 0.717) is 12.5 Å². The minimum atomic E-state index is -0.303. The maximum Gasteiger partial charge on any atom is 0.263 e. The molecule has 1 unspecified atom stereocenters. The van der Waals surface area contributed by atoms with Crippen molar-refractivity contribution in [1.29, 1.82) is 0 Å². The van der Waals surface area contributed by atoms with Gasteiger partial charge in [-0.3, -0.25) is 9.59 Å². The van der Waals surface area contributed by atoms with Crippen molar-refractivity contribution in [3.63, 3.8) is 0 Å². The van der Waals surface area contributed by atoms with Gasteiger partial charge in [0.15, 0.2) is 5.82 Å². The van der Waals surface area contributed by atoms with Crippen LogP contribution in [-0.2, 0) is 7.05 Å². The average Bonchev–Trinajstić information content (AvgIpc) is 3.13. The summed E-state index contributed by atoms with van der Waals surface area (Å²) in [4.78, 5) is 26.7. The lowest BCUT2D eigenvalue weighted by Crippen LogP contribution is -2.42. The van der Waals surface area contributed by atoms with Gasteiger partial charge in [0.25, 0.3) is 11.5 Å². The molecule has 1 aliphatic heterocycles. The number of aromatic nitrogens is 3. The van der Waals surface area contributed by atoms with Crippen molar-refractivity contribution in [2.24, 2.45) is 13.0 Å². The van der Waals surface area contributed by atoms with Crippen LogP contribution in [-0.4, -0.2) is 38.9 Å². The van der Waals surface area contributed by atoms with Crippen LogP contribution in [0.1, 0.15) is 28.9 Å². The van der Waals surface area contributed by atoms with E-state index in [2.05, 4.69) is 19.0 Å². The molecule has 0 saturated carbocycles. The average molecular weight is 347 g/mol. The fourth-order valence-electron chi connectivity index (χ4n) is 2.97. The number of hydrogen-bond donors (Lipinski definition) is 1. The lowest BCUT2D eigenvalue weighted by molar-refractivity contribution is 0.0943. The normalized spacial score (nSPS) is 17.8. The number of amides is 1. The summed E-state index contributed by atoms with van der Waals surface area (Å²) in [5.41, 5.74) is 0.766. The molecule has 0 radical (unpaired) electrons. The summed E-state index contributed by atoms with van der Waals surface area (Å²) in [6.07, 6.45) is 3.90. The van der Waals surface area contributed by atoms with E-state index in [1.165, 1.54) is 16.3 Å². The van der Waals surface area contributed by atoms with E-state index in [0.717, 1.165) is 37.4 Å². The topological polar surface area (TPSA) is 80.1 Å². The fraction of sp³-hybridized carbons (Fsp3) is 0.500. The number of carbonyl (C=O) groups is 1. The van der Waals surface area contributed by atoms with Crippen molar-refractivity contribution in [2.45, 2.75) is 19.8 Å². The third-order valence-electron chi connectivity index (χ3n) is 4.54. The molecule has 1 atom stereocenters. The molecule has 128 valence electrons. The molecule has 0 aliphatic carbocycles. The molecule has 2 aromatic rings. The summed E-state index contributed by atoms with van der Waals surface area (Å²) in [5, 5.41) is 2.91. The van der Waals surface area contributed by atoms with E-state index >= 15 is 0 Å². The summed E-state index contributed by atoms with van der Waals surface area (Å²) >= 11 is 1.21. The molecule has 0 spiro atoms. The molecule has 8 heteroatoms. The van der Waals surface area contributed by atoms with Crippen molar-refractivity contribution >= 4 is 23.5 Å². The van der Waals surface area contributed by atoms with E-state index in [1.807, 2.05) is 6.92 Å². The molecule has 1 N–H and O–H groups in total. The molecular formula is C16H21N5O2S. The predicted molar refractivity (Wildman–Crippen MR) is 93.6 cm³/mol. The first-order valence-electron chi connectivity index (χ1n) is 8.03. The van der Waals surface area contributed by atoms with Crippen molar-refractivity contribution in [3.05, 3.63) is 39.9 Å². The monoisotopic (exact) mass is 347 g/mol. The molecule has 1 amide bonds. The zero-order chi connectivity index (χ0) is 17.1. The van der Waals surface area contributed by atoms with E-state index < -0.39 is 0 Å². The summed E-state index contributed by atoms with van der Waals surface area (Å²) in [6.45, 7) is 4.21. The van der Waals surface area contributed by atoms with Gasteiger partial charge in [0, 0.05) is 32.4 Å². The Morgan fingerprint density at radius 3 is 3.04 bits per heavy atom. The lowest BCUT2D eigenvalue weighted by Gasteiger charge is -2.32. The maximum atomic E-state index is 12.3. The van der Waals surface area contributed by atoms with Gasteiger partial charge in [0.1, 0.15) is 5.56 Å². The van der Waals surface area contributed by atoms with E-state index in [9.17, 15) is 9.59 Å². The standard InChI is InChI=1S/C16H21N5O2S/c1-11-5-6-13(16(23)20(11)2)15(22)17-8-12-4-3-7-21(10-12)14-9-18-24-19-14/h5-6,9,12H,3-4,7-8,10H2,1-2H3,(H,17,22). The first-order valence-corrected chi connectivity index (χ1v) is 8.76. The van der Waals surface area contributed by atoms with E-state index in [4.69, 9.17) is 0 Å². The van der Waals surface area contributed by atoms with Crippen LogP contribution >= 0.6 is 11.7 Å². The minimum absolute atomic E-state index is 0.194. The van der Waals surface area contributed by atoms with E-state index in [1.54, 1.807) is 25.4 Å². The second-order valence-electron chi connectivity index (χ2n) is 6.18. The largest absolute Gasteiger partial charge is 0.354 e. The number of pyridine rings is 1. The van der Waals surface area contributed by atoms with Crippen LogP contribution in [0.4, 0.5) is 5.82 Å². The molecule has 1 aliphatic rings. The Morgan fingerprint density at radius 1 is 1.46 bits per heavy atom. The quantitative estimate of drug-likeness (QED) is 0.899. The number of carbonyl (C=O) groups excluding carboxylic acids is 1. The summed E-state index contributed by atoms with van der Waals surface area (Å²) in [7, 11) is 1.68. The van der Waals surface area contributed by atoms with Crippen LogP contribution in [0.25, 0.3) is 0 Å². The zero-order valence-corrected chi connectivity index (χ0v) is 14.7. The molecule has 0 aromatic carbocycles. The Hall–Kier alpha value is -2.22. The molecule has 2 aromatic heterocycles. The smallest absolute Gasteiger partial charge is 0.263 e. The highest BCUT2D eigenvalue weighted by Gasteiger charge is 2.22. The lowest BCUT2D eigenvalue weighted by atomic mass is 9.98. The molecule has 24 heavy (non-hydrogen) atoms. The van der Waals surface area contributed by atoms with Crippen LogP contribution < -0.4 is 15.8 Å². The van der Waals surface area contributed by atoms with Gasteiger partial charge >= 0.3 is 0 Å². The van der Waals surface area contributed by atoms with Crippen LogP contribution in [0.15, 0.2) is 23.1 Å². The molecule has 7 nitrogen and oxygen atoms in total. The Kier molecular flexibility index (Phi) is 4.94. The van der Waals surface area contributed by atoms with Gasteiger partial charge in [-0.25, -0.2) is 0 Å². The van der Waals surface area contributed by atoms with E-state index in [-0.39, 0.29) is 17.0 Å². The Bertz CT molecular complexity index is 771. The van der Waals surface area contributed by atoms with Crippen LogP contribution in [0.5, 0.6) is 0 Å². The van der Waals surface area contributed by atoms with Gasteiger partial charge in [-0.2, -0.15) is 8.75 Å². The van der Waals surface area contributed by atoms with Crippen molar-refractivity contribution in [3.8, 4) is 0 Å². The third-order valence-corrected chi connectivity index (χ3v) is 5.01. The highest BCUT2D eigenvalue weighted by atomic mass is 32.1.